The number of aromatic nitrogens is 1. The number of pyridine rings is 1. The van der Waals surface area contributed by atoms with Crippen molar-refractivity contribution in [1.29, 1.82) is 0 Å². The summed E-state index contributed by atoms with van der Waals surface area (Å²) in [5, 5.41) is 0. The van der Waals surface area contributed by atoms with E-state index in [9.17, 15) is 22.4 Å². The Kier molecular flexibility index (Phi) is 6.14. The highest BCUT2D eigenvalue weighted by Gasteiger charge is 2.47. The molecule has 34 heavy (non-hydrogen) atoms. The van der Waals surface area contributed by atoms with Gasteiger partial charge in [0, 0.05) is 48.8 Å². The molecule has 6 nitrogen and oxygen atoms in total. The summed E-state index contributed by atoms with van der Waals surface area (Å²) in [6, 6.07) is 4.39. The average Bonchev–Trinajstić information content (AvgIpc) is 2.73. The molecule has 0 unspecified atom stereocenters. The first-order valence-electron chi connectivity index (χ1n) is 10.9. The fraction of sp³-hybridized carbons (Fsp3) is 0.478. The predicted molar refractivity (Wildman–Crippen MR) is 116 cm³/mol. The Morgan fingerprint density at radius 2 is 1.94 bits per heavy atom. The molecule has 0 N–H and O–H groups in total. The summed E-state index contributed by atoms with van der Waals surface area (Å²) >= 11 is 0. The molecule has 4 rings (SSSR count). The number of halogens is 4. The van der Waals surface area contributed by atoms with Crippen LogP contribution in [0.2, 0.25) is 0 Å². The maximum Gasteiger partial charge on any atom is 0.573 e. The maximum atomic E-state index is 14.3. The van der Waals surface area contributed by atoms with Gasteiger partial charge in [0.15, 0.2) is 0 Å². The van der Waals surface area contributed by atoms with Crippen LogP contribution in [-0.4, -0.2) is 48.0 Å². The second-order valence-electron chi connectivity index (χ2n) is 9.70. The first-order valence-corrected chi connectivity index (χ1v) is 10.9. The Balaban J connectivity index is 1.54. The second-order valence-corrected chi connectivity index (χ2v) is 9.70. The van der Waals surface area contributed by atoms with Crippen molar-refractivity contribution in [3.8, 4) is 5.75 Å². The highest BCUT2D eigenvalue weighted by molar-refractivity contribution is 6.61. The van der Waals surface area contributed by atoms with Gasteiger partial charge in [0.1, 0.15) is 11.6 Å². The van der Waals surface area contributed by atoms with Gasteiger partial charge in [0.25, 0.3) is 5.91 Å². The average molecular weight is 480 g/mol. The number of hydrogen-bond donors (Lipinski definition) is 0. The molecule has 1 saturated heterocycles. The van der Waals surface area contributed by atoms with Gasteiger partial charge in [0.05, 0.1) is 16.9 Å². The summed E-state index contributed by atoms with van der Waals surface area (Å²) in [5.74, 6) is -1.67. The summed E-state index contributed by atoms with van der Waals surface area (Å²) in [5.41, 5.74) is 0.737. The van der Waals surface area contributed by atoms with E-state index in [-0.39, 0.29) is 24.1 Å². The Hall–Kier alpha value is -2.66. The lowest BCUT2D eigenvalue weighted by molar-refractivity contribution is -0.274. The van der Waals surface area contributed by atoms with Crippen molar-refractivity contribution >= 4 is 18.5 Å². The molecular weight excluding hydrogens is 455 g/mol. The predicted octanol–water partition coefficient (Wildman–Crippen LogP) is 3.86. The Bertz CT molecular complexity index is 1110. The van der Waals surface area contributed by atoms with E-state index in [0.717, 1.165) is 18.2 Å². The standard InChI is InChI=1S/C23H25BF4N2O4/c1-21(2)13-32-24(34-22(21,3)4)15-10-17-19(29-11-15)7-8-30(20(17)31)12-14-9-16(5-6-18(14)25)33-23(26,27)28/h5-6,9-11H,7-8,12-13H2,1-4H3. The van der Waals surface area contributed by atoms with Crippen molar-refractivity contribution in [2.45, 2.75) is 52.6 Å². The number of ether oxygens (including phenoxy) is 1. The Labute approximate surface area is 195 Å². The lowest BCUT2D eigenvalue weighted by atomic mass is 9.69. The molecule has 1 aromatic heterocycles. The number of benzene rings is 1. The van der Waals surface area contributed by atoms with Crippen LogP contribution < -0.4 is 10.2 Å². The Morgan fingerprint density at radius 1 is 1.21 bits per heavy atom. The largest absolute Gasteiger partial charge is 0.573 e. The van der Waals surface area contributed by atoms with Crippen LogP contribution in [0.4, 0.5) is 17.6 Å². The van der Waals surface area contributed by atoms with Gasteiger partial charge < -0.3 is 18.9 Å². The Morgan fingerprint density at radius 3 is 2.62 bits per heavy atom. The molecule has 2 aromatic rings. The molecule has 2 aliphatic rings. The molecule has 0 bridgehead atoms. The zero-order valence-corrected chi connectivity index (χ0v) is 19.3. The molecular formula is C23H25BF4N2O4. The van der Waals surface area contributed by atoms with Crippen molar-refractivity contribution in [1.82, 2.24) is 9.88 Å². The third-order valence-corrected chi connectivity index (χ3v) is 6.64. The molecule has 3 heterocycles. The minimum Gasteiger partial charge on any atom is -0.407 e. The molecule has 0 saturated carbocycles. The molecule has 2 aliphatic heterocycles. The van der Waals surface area contributed by atoms with E-state index < -0.39 is 36.6 Å². The number of rotatable bonds is 4. The number of amides is 1. The van der Waals surface area contributed by atoms with Gasteiger partial charge in [0.2, 0.25) is 0 Å². The minimum atomic E-state index is -4.90. The second kappa shape index (κ2) is 8.53. The van der Waals surface area contributed by atoms with E-state index in [2.05, 4.69) is 9.72 Å². The number of fused-ring (bicyclic) bond motifs is 1. The van der Waals surface area contributed by atoms with Gasteiger partial charge in [-0.05, 0) is 38.1 Å². The van der Waals surface area contributed by atoms with Crippen molar-refractivity contribution in [3.05, 3.63) is 53.1 Å². The van der Waals surface area contributed by atoms with E-state index in [1.165, 1.54) is 4.90 Å². The number of nitrogens with zero attached hydrogens (tertiary/aromatic N) is 2. The molecule has 0 aliphatic carbocycles. The number of carbonyl (C=O) groups excluding carboxylic acids is 1. The smallest absolute Gasteiger partial charge is 0.407 e. The van der Waals surface area contributed by atoms with Crippen molar-refractivity contribution < 1.29 is 36.4 Å². The van der Waals surface area contributed by atoms with Gasteiger partial charge in [-0.2, -0.15) is 0 Å². The van der Waals surface area contributed by atoms with E-state index in [4.69, 9.17) is 9.31 Å². The molecule has 0 atom stereocenters. The van der Waals surface area contributed by atoms with Crippen LogP contribution in [0.25, 0.3) is 0 Å². The first kappa shape index (κ1) is 24.5. The molecule has 1 amide bonds. The van der Waals surface area contributed by atoms with Gasteiger partial charge in [-0.3, -0.25) is 9.78 Å². The zero-order chi connectivity index (χ0) is 24.9. The van der Waals surface area contributed by atoms with Crippen molar-refractivity contribution in [2.75, 3.05) is 13.2 Å². The fourth-order valence-electron chi connectivity index (χ4n) is 3.84. The third-order valence-electron chi connectivity index (χ3n) is 6.64. The molecule has 11 heteroatoms. The monoisotopic (exact) mass is 480 g/mol. The summed E-state index contributed by atoms with van der Waals surface area (Å²) in [4.78, 5) is 19.0. The zero-order valence-electron chi connectivity index (χ0n) is 19.3. The van der Waals surface area contributed by atoms with Crippen LogP contribution in [0.3, 0.4) is 0 Å². The van der Waals surface area contributed by atoms with E-state index in [1.807, 2.05) is 27.7 Å². The number of hydrogen-bond acceptors (Lipinski definition) is 5. The molecule has 1 aromatic carbocycles. The lowest BCUT2D eigenvalue weighted by Gasteiger charge is -2.47. The van der Waals surface area contributed by atoms with Gasteiger partial charge >= 0.3 is 13.5 Å². The lowest BCUT2D eigenvalue weighted by Crippen LogP contribution is -2.58. The first-order chi connectivity index (χ1) is 15.8. The highest BCUT2D eigenvalue weighted by atomic mass is 19.4. The number of alkyl halides is 3. The van der Waals surface area contributed by atoms with Crippen LogP contribution >= 0.6 is 0 Å². The summed E-state index contributed by atoms with van der Waals surface area (Å²) in [6.45, 7) is 8.55. The normalized spacial score (nSPS) is 19.7. The summed E-state index contributed by atoms with van der Waals surface area (Å²) in [7, 11) is -0.697. The van der Waals surface area contributed by atoms with Crippen LogP contribution in [-0.2, 0) is 22.3 Å². The summed E-state index contributed by atoms with van der Waals surface area (Å²) in [6.07, 6.45) is -2.85. The van der Waals surface area contributed by atoms with E-state index in [0.29, 0.717) is 29.7 Å². The van der Waals surface area contributed by atoms with Crippen molar-refractivity contribution in [3.63, 3.8) is 0 Å². The fourth-order valence-corrected chi connectivity index (χ4v) is 3.84. The van der Waals surface area contributed by atoms with Crippen LogP contribution in [0.5, 0.6) is 5.75 Å². The minimum absolute atomic E-state index is 0.0782. The van der Waals surface area contributed by atoms with Crippen LogP contribution in [0, 0.1) is 11.2 Å². The van der Waals surface area contributed by atoms with Crippen molar-refractivity contribution in [2.24, 2.45) is 5.41 Å². The van der Waals surface area contributed by atoms with Gasteiger partial charge in [-0.15, -0.1) is 13.2 Å². The van der Waals surface area contributed by atoms with E-state index in [1.54, 1.807) is 12.3 Å². The topological polar surface area (TPSA) is 60.9 Å². The SMILES string of the molecule is CC1(C)COB(c2cnc3c(c2)C(=O)N(Cc2cc(OC(F)(F)F)ccc2F)CC3)OC1(C)C. The summed E-state index contributed by atoms with van der Waals surface area (Å²) < 4.78 is 67.8. The van der Waals surface area contributed by atoms with Gasteiger partial charge in [-0.25, -0.2) is 4.39 Å². The van der Waals surface area contributed by atoms with E-state index >= 15 is 0 Å². The van der Waals surface area contributed by atoms with Crippen LogP contribution in [0.1, 0.15) is 49.3 Å². The maximum absolute atomic E-state index is 14.3. The quantitative estimate of drug-likeness (QED) is 0.492. The molecule has 182 valence electrons. The molecule has 0 radical (unpaired) electrons. The van der Waals surface area contributed by atoms with Crippen LogP contribution in [0.15, 0.2) is 30.5 Å². The molecule has 1 fully saturated rings. The number of carbonyl (C=O) groups is 1. The highest BCUT2D eigenvalue weighted by Crippen LogP contribution is 2.38. The third kappa shape index (κ3) is 4.90. The van der Waals surface area contributed by atoms with Gasteiger partial charge in [-0.1, -0.05) is 13.8 Å². The molecule has 0 spiro atoms.